The average Bonchev–Trinajstić information content (AvgIpc) is 2.37. The minimum atomic E-state index is -0.346. The van der Waals surface area contributed by atoms with Crippen molar-refractivity contribution in [2.24, 2.45) is 0 Å². The van der Waals surface area contributed by atoms with Crippen LogP contribution in [-0.4, -0.2) is 14.6 Å². The van der Waals surface area contributed by atoms with Gasteiger partial charge in [0, 0.05) is 5.04 Å². The lowest BCUT2D eigenvalue weighted by atomic mass is 9.94. The smallest absolute Gasteiger partial charge is 0.240 e. The number of benzene rings is 2. The number of hydrogen-bond acceptors (Lipinski definition) is 1. The topological polar surface area (TPSA) is 20.2 Å². The molecule has 2 rings (SSSR count). The molecule has 1 atom stereocenters. The van der Waals surface area contributed by atoms with E-state index in [9.17, 15) is 4.80 Å². The van der Waals surface area contributed by atoms with Gasteiger partial charge >= 0.3 is 0 Å². The summed E-state index contributed by atoms with van der Waals surface area (Å²) in [5.41, 5.74) is 1.14. The first-order valence-corrected chi connectivity index (χ1v) is 6.19. The van der Waals surface area contributed by atoms with Crippen LogP contribution in [0.3, 0.4) is 0 Å². The molecule has 0 saturated carbocycles. The summed E-state index contributed by atoms with van der Waals surface area (Å²) in [5.74, 6) is 0. The number of hydrogen-bond donors (Lipinski definition) is 1. The van der Waals surface area contributed by atoms with E-state index >= 15 is 0 Å². The van der Waals surface area contributed by atoms with Crippen molar-refractivity contribution in [3.05, 3.63) is 60.7 Å². The first-order chi connectivity index (χ1) is 7.71. The van der Waals surface area contributed by atoms with E-state index < -0.39 is 0 Å². The largest absolute Gasteiger partial charge is 0.431 e. The summed E-state index contributed by atoms with van der Waals surface area (Å²) in [5, 5.41) is 2.04. The Morgan fingerprint density at radius 2 is 1.88 bits per heavy atom. The zero-order chi connectivity index (χ0) is 11.6. The third kappa shape index (κ3) is 1.70. The Kier molecular flexibility index (Phi) is 2.94. The molecule has 2 aromatic rings. The molecule has 1 unspecified atom stereocenters. The molecular weight excluding hydrogens is 212 g/mol. The highest BCUT2D eigenvalue weighted by Gasteiger charge is 2.25. The molecule has 16 heavy (non-hydrogen) atoms. The lowest BCUT2D eigenvalue weighted by Crippen LogP contribution is -2.27. The molecule has 1 N–H and O–H groups in total. The van der Waals surface area contributed by atoms with Crippen LogP contribution in [0.15, 0.2) is 55.1 Å². The summed E-state index contributed by atoms with van der Waals surface area (Å²) in [6.07, 6.45) is 1.83. The molecule has 0 aliphatic rings. The van der Waals surface area contributed by atoms with Crippen molar-refractivity contribution >= 4 is 20.5 Å². The van der Waals surface area contributed by atoms with E-state index in [2.05, 4.69) is 30.8 Å². The third-order valence-electron chi connectivity index (χ3n) is 2.99. The van der Waals surface area contributed by atoms with Crippen LogP contribution in [0.2, 0.25) is 0 Å². The van der Waals surface area contributed by atoms with Gasteiger partial charge in [0.05, 0.1) is 0 Å². The molecule has 0 amide bonds. The van der Waals surface area contributed by atoms with Crippen LogP contribution in [0.4, 0.5) is 0 Å². The summed E-state index contributed by atoms with van der Waals surface area (Å²) in [6, 6.07) is 14.4. The summed E-state index contributed by atoms with van der Waals surface area (Å²) in [4.78, 5) is 9.55. The zero-order valence-electron chi connectivity index (χ0n) is 9.27. The molecule has 0 fully saturated rings. The van der Waals surface area contributed by atoms with E-state index in [-0.39, 0.29) is 14.8 Å². The van der Waals surface area contributed by atoms with Gasteiger partial charge in [0.15, 0.2) is 0 Å². The summed E-state index contributed by atoms with van der Waals surface area (Å²) in [7, 11) is -0.175. The molecule has 2 aromatic carbocycles. The fourth-order valence-corrected chi connectivity index (χ4v) is 2.32. The SMILES string of the molecule is C=CC(C)([Si]O)c1cccc2ccccc12. The summed E-state index contributed by atoms with van der Waals surface area (Å²) >= 11 is 0. The molecule has 0 spiro atoms. The molecule has 0 aromatic heterocycles. The van der Waals surface area contributed by atoms with E-state index in [1.54, 1.807) is 0 Å². The second-order valence-electron chi connectivity index (χ2n) is 4.04. The molecule has 2 heteroatoms. The van der Waals surface area contributed by atoms with E-state index in [0.29, 0.717) is 0 Å². The van der Waals surface area contributed by atoms with Crippen molar-refractivity contribution in [3.63, 3.8) is 0 Å². The highest BCUT2D eigenvalue weighted by atomic mass is 28.2. The second-order valence-corrected chi connectivity index (χ2v) is 5.31. The molecular formula is C14H14OSi. The normalized spacial score (nSPS) is 14.6. The van der Waals surface area contributed by atoms with Crippen molar-refractivity contribution in [3.8, 4) is 0 Å². The van der Waals surface area contributed by atoms with Gasteiger partial charge in [0.25, 0.3) is 0 Å². The maximum absolute atomic E-state index is 9.55. The minimum absolute atomic E-state index is 0.175. The van der Waals surface area contributed by atoms with Gasteiger partial charge < -0.3 is 4.80 Å². The van der Waals surface area contributed by atoms with E-state index in [4.69, 9.17) is 0 Å². The second kappa shape index (κ2) is 4.24. The van der Waals surface area contributed by atoms with Crippen LogP contribution >= 0.6 is 0 Å². The molecule has 80 valence electrons. The van der Waals surface area contributed by atoms with Gasteiger partial charge in [-0.2, -0.15) is 0 Å². The van der Waals surface area contributed by atoms with Crippen molar-refractivity contribution in [2.45, 2.75) is 12.0 Å². The van der Waals surface area contributed by atoms with Gasteiger partial charge in [-0.1, -0.05) is 55.5 Å². The van der Waals surface area contributed by atoms with E-state index in [0.717, 1.165) is 5.56 Å². The molecule has 0 bridgehead atoms. The Morgan fingerprint density at radius 1 is 1.19 bits per heavy atom. The predicted molar refractivity (Wildman–Crippen MR) is 69.5 cm³/mol. The lowest BCUT2D eigenvalue weighted by Gasteiger charge is -2.23. The van der Waals surface area contributed by atoms with Gasteiger partial charge in [-0.05, 0) is 16.3 Å². The monoisotopic (exact) mass is 226 g/mol. The minimum Gasteiger partial charge on any atom is -0.431 e. The number of fused-ring (bicyclic) bond motifs is 1. The van der Waals surface area contributed by atoms with Crippen LogP contribution in [0.5, 0.6) is 0 Å². The molecule has 0 aliphatic heterocycles. The van der Waals surface area contributed by atoms with Crippen LogP contribution in [0.1, 0.15) is 12.5 Å². The number of rotatable bonds is 3. The first-order valence-electron chi connectivity index (χ1n) is 5.24. The first kappa shape index (κ1) is 11.1. The van der Waals surface area contributed by atoms with E-state index in [1.807, 2.05) is 31.2 Å². The Balaban J connectivity index is 2.73. The van der Waals surface area contributed by atoms with Gasteiger partial charge in [-0.15, -0.1) is 6.58 Å². The summed E-state index contributed by atoms with van der Waals surface area (Å²) in [6.45, 7) is 5.85. The molecule has 1 nitrogen and oxygen atoms in total. The fourth-order valence-electron chi connectivity index (χ4n) is 1.89. The molecule has 2 radical (unpaired) electrons. The van der Waals surface area contributed by atoms with Gasteiger partial charge in [-0.3, -0.25) is 0 Å². The van der Waals surface area contributed by atoms with Gasteiger partial charge in [0.1, 0.15) is 0 Å². The Labute approximate surface area is 98.4 Å². The van der Waals surface area contributed by atoms with E-state index in [1.165, 1.54) is 10.8 Å². The third-order valence-corrected chi connectivity index (χ3v) is 3.93. The Bertz CT molecular complexity index is 516. The maximum atomic E-state index is 9.55. The van der Waals surface area contributed by atoms with Crippen molar-refractivity contribution in [1.29, 1.82) is 0 Å². The van der Waals surface area contributed by atoms with Gasteiger partial charge in [-0.25, -0.2) is 0 Å². The maximum Gasteiger partial charge on any atom is 0.240 e. The van der Waals surface area contributed by atoms with Crippen molar-refractivity contribution in [2.75, 3.05) is 0 Å². The lowest BCUT2D eigenvalue weighted by molar-refractivity contribution is 0.563. The fraction of sp³-hybridized carbons (Fsp3) is 0.143. The number of allylic oxidation sites excluding steroid dienone is 1. The van der Waals surface area contributed by atoms with Crippen LogP contribution in [-0.2, 0) is 5.04 Å². The molecule has 0 aliphatic carbocycles. The predicted octanol–water partition coefficient (Wildman–Crippen LogP) is 2.85. The van der Waals surface area contributed by atoms with Crippen LogP contribution in [0, 0.1) is 0 Å². The Hall–Kier alpha value is -1.38. The van der Waals surface area contributed by atoms with Crippen molar-refractivity contribution < 1.29 is 4.80 Å². The highest BCUT2D eigenvalue weighted by molar-refractivity contribution is 6.32. The quantitative estimate of drug-likeness (QED) is 0.630. The zero-order valence-corrected chi connectivity index (χ0v) is 10.3. The average molecular weight is 226 g/mol. The Morgan fingerprint density at radius 3 is 2.56 bits per heavy atom. The molecule has 0 saturated heterocycles. The standard InChI is InChI=1S/C14H14OSi/c1-3-14(2,16-15)13-10-6-8-11-7-4-5-9-12(11)13/h3-10,15H,1H2,2H3. The van der Waals surface area contributed by atoms with Crippen LogP contribution < -0.4 is 0 Å². The van der Waals surface area contributed by atoms with Gasteiger partial charge in [0.2, 0.25) is 9.76 Å². The summed E-state index contributed by atoms with van der Waals surface area (Å²) < 4.78 is 0. The highest BCUT2D eigenvalue weighted by Crippen LogP contribution is 2.30. The van der Waals surface area contributed by atoms with Crippen LogP contribution in [0.25, 0.3) is 10.8 Å². The van der Waals surface area contributed by atoms with Crippen molar-refractivity contribution in [1.82, 2.24) is 0 Å². The molecule has 0 heterocycles.